The second kappa shape index (κ2) is 18.2. The number of anilines is 1. The van der Waals surface area contributed by atoms with Crippen molar-refractivity contribution in [2.75, 3.05) is 29.5 Å². The smallest absolute Gasteiger partial charge is 0.442 e. The van der Waals surface area contributed by atoms with Crippen molar-refractivity contribution in [2.45, 2.75) is 84.5 Å². The van der Waals surface area contributed by atoms with Crippen LogP contribution in [0.1, 0.15) is 79.3 Å². The van der Waals surface area contributed by atoms with Gasteiger partial charge >= 0.3 is 13.9 Å². The molecule has 2 heterocycles. The molecule has 0 aromatic heterocycles. The van der Waals surface area contributed by atoms with Crippen molar-refractivity contribution in [1.29, 1.82) is 0 Å². The quantitative estimate of drug-likeness (QED) is 0.107. The third-order valence-electron chi connectivity index (χ3n) is 10.6. The molecule has 0 saturated carbocycles. The molecule has 0 radical (unpaired) electrons. The summed E-state index contributed by atoms with van der Waals surface area (Å²) in [5.74, 6) is -1.71. The van der Waals surface area contributed by atoms with E-state index in [9.17, 15) is 27.4 Å². The van der Waals surface area contributed by atoms with Crippen molar-refractivity contribution < 1.29 is 50.1 Å². The van der Waals surface area contributed by atoms with Gasteiger partial charge < -0.3 is 9.26 Å². The Bertz CT molecular complexity index is 2280. The molecule has 314 valence electrons. The third-order valence-corrected chi connectivity index (χ3v) is 13.6. The molecule has 2 aliphatic rings. The highest BCUT2D eigenvalue weighted by Crippen LogP contribution is 2.53. The van der Waals surface area contributed by atoms with Crippen LogP contribution in [0, 0.1) is 19.7 Å². The van der Waals surface area contributed by atoms with Gasteiger partial charge in [-0.25, -0.2) is 22.2 Å². The van der Waals surface area contributed by atoms with Gasteiger partial charge in [0, 0.05) is 24.3 Å². The van der Waals surface area contributed by atoms with Gasteiger partial charge in [0.2, 0.25) is 11.8 Å². The summed E-state index contributed by atoms with van der Waals surface area (Å²) >= 11 is 0. The van der Waals surface area contributed by atoms with Crippen LogP contribution >= 0.6 is 7.82 Å². The lowest BCUT2D eigenvalue weighted by Gasteiger charge is -2.32. The molecule has 0 N–H and O–H groups in total. The van der Waals surface area contributed by atoms with Crippen LogP contribution < -0.4 is 9.42 Å². The largest absolute Gasteiger partial charge is 0.530 e. The van der Waals surface area contributed by atoms with Gasteiger partial charge in [0.05, 0.1) is 43.5 Å². The van der Waals surface area contributed by atoms with Crippen LogP contribution in [0.5, 0.6) is 5.75 Å². The molecular formula is C44H50FN2O10PS. The second-order valence-electron chi connectivity index (χ2n) is 15.8. The van der Waals surface area contributed by atoms with Gasteiger partial charge in [-0.05, 0) is 78.6 Å². The number of phosphoric acid groups is 1. The first-order valence-electron chi connectivity index (χ1n) is 19.5. The summed E-state index contributed by atoms with van der Waals surface area (Å²) in [6.07, 6.45) is -1.20. The van der Waals surface area contributed by atoms with Crippen LogP contribution in [0.25, 0.3) is 0 Å². The van der Waals surface area contributed by atoms with Gasteiger partial charge in [-0.2, -0.15) is 0 Å². The number of carbonyl (C=O) groups is 3. The highest BCUT2D eigenvalue weighted by molar-refractivity contribution is 7.91. The van der Waals surface area contributed by atoms with Gasteiger partial charge in [-0.15, -0.1) is 0 Å². The van der Waals surface area contributed by atoms with Crippen LogP contribution in [0.4, 0.5) is 14.9 Å². The molecule has 4 aromatic rings. The molecule has 15 heteroatoms. The van der Waals surface area contributed by atoms with E-state index in [-0.39, 0.29) is 61.6 Å². The number of aryl methyl sites for hydroxylation is 2. The number of nitrogens with zero attached hydrogens (tertiary/aromatic N) is 2. The maximum atomic E-state index is 15.3. The van der Waals surface area contributed by atoms with E-state index in [4.69, 9.17) is 18.3 Å². The summed E-state index contributed by atoms with van der Waals surface area (Å²) in [5, 5.41) is 0. The van der Waals surface area contributed by atoms with Crippen molar-refractivity contribution in [3.8, 4) is 5.75 Å². The number of cyclic esters (lactones) is 1. The molecule has 6 rings (SSSR count). The van der Waals surface area contributed by atoms with E-state index >= 15 is 4.39 Å². The molecule has 0 unspecified atom stereocenters. The molecule has 2 fully saturated rings. The van der Waals surface area contributed by atoms with Crippen molar-refractivity contribution >= 4 is 41.3 Å². The van der Waals surface area contributed by atoms with E-state index in [1.54, 1.807) is 18.2 Å². The predicted octanol–water partition coefficient (Wildman–Crippen LogP) is 8.72. The summed E-state index contributed by atoms with van der Waals surface area (Å²) in [5.41, 5.74) is 3.26. The standard InChI is InChI=1S/C44H50FN2O10PS/c1-30-22-31(2)42(40(23-30)57-58(51,54-28-33-12-8-6-9-13-33)55-29-34-14-10-7-11-15-34)44(4,5)25-41(49)46(32(3)48)26-37-27-47(43(50)56-37)36-16-17-38(39(45)24-36)35-18-20-59(52,53)21-19-35/h6-17,22-24,35,37H,18-21,25-29H2,1-5H3/t37-/m0/s1. The van der Waals surface area contributed by atoms with E-state index in [1.165, 1.54) is 17.9 Å². The highest BCUT2D eigenvalue weighted by Gasteiger charge is 2.40. The summed E-state index contributed by atoms with van der Waals surface area (Å²) < 4.78 is 77.2. The summed E-state index contributed by atoms with van der Waals surface area (Å²) in [4.78, 5) is 42.4. The first kappa shape index (κ1) is 43.7. The van der Waals surface area contributed by atoms with Crippen LogP contribution in [0.2, 0.25) is 0 Å². The Labute approximate surface area is 345 Å². The van der Waals surface area contributed by atoms with Gasteiger partial charge in [0.25, 0.3) is 0 Å². The topological polar surface area (TPSA) is 146 Å². The first-order chi connectivity index (χ1) is 27.9. The Morgan fingerprint density at radius 3 is 2.07 bits per heavy atom. The number of hydrogen-bond acceptors (Lipinski definition) is 10. The van der Waals surface area contributed by atoms with E-state index in [2.05, 4.69) is 0 Å². The number of imide groups is 1. The van der Waals surface area contributed by atoms with Crippen molar-refractivity contribution in [2.24, 2.45) is 0 Å². The van der Waals surface area contributed by atoms with Crippen molar-refractivity contribution in [3.05, 3.63) is 130 Å². The number of carbonyl (C=O) groups excluding carboxylic acids is 3. The monoisotopic (exact) mass is 848 g/mol. The molecule has 0 spiro atoms. The minimum absolute atomic E-state index is 0.00249. The Morgan fingerprint density at radius 1 is 0.915 bits per heavy atom. The molecule has 1 atom stereocenters. The maximum absolute atomic E-state index is 15.3. The summed E-state index contributed by atoms with van der Waals surface area (Å²) in [7, 11) is -7.42. The number of rotatable bonds is 15. The normalized spacial score (nSPS) is 17.1. The molecular weight excluding hydrogens is 799 g/mol. The molecule has 2 saturated heterocycles. The summed E-state index contributed by atoms with van der Waals surface area (Å²) in [6, 6.07) is 26.4. The zero-order valence-corrected chi connectivity index (χ0v) is 35.6. The lowest BCUT2D eigenvalue weighted by Crippen LogP contribution is -2.44. The molecule has 0 aliphatic carbocycles. The lowest BCUT2D eigenvalue weighted by atomic mass is 9.78. The number of ether oxygens (including phenoxy) is 1. The Balaban J connectivity index is 1.17. The molecule has 59 heavy (non-hydrogen) atoms. The zero-order chi connectivity index (χ0) is 42.5. The number of amides is 3. The predicted molar refractivity (Wildman–Crippen MR) is 221 cm³/mol. The average Bonchev–Trinajstić information content (AvgIpc) is 3.55. The third kappa shape index (κ3) is 11.0. The Hall–Kier alpha value is -4.88. The van der Waals surface area contributed by atoms with Gasteiger partial charge in [-0.1, -0.05) is 86.6 Å². The van der Waals surface area contributed by atoms with Gasteiger partial charge in [0.1, 0.15) is 27.5 Å². The van der Waals surface area contributed by atoms with Gasteiger partial charge in [-0.3, -0.25) is 28.4 Å². The Morgan fingerprint density at radius 2 is 1.51 bits per heavy atom. The van der Waals surface area contributed by atoms with E-state index in [0.717, 1.165) is 27.2 Å². The van der Waals surface area contributed by atoms with Crippen LogP contribution in [0.3, 0.4) is 0 Å². The van der Waals surface area contributed by atoms with Crippen LogP contribution in [0.15, 0.2) is 91.0 Å². The van der Waals surface area contributed by atoms with Crippen LogP contribution in [-0.4, -0.2) is 61.9 Å². The number of halogens is 1. The molecule has 2 aliphatic heterocycles. The van der Waals surface area contributed by atoms with Gasteiger partial charge in [0.15, 0.2) is 0 Å². The molecule has 12 nitrogen and oxygen atoms in total. The number of benzene rings is 4. The highest BCUT2D eigenvalue weighted by atomic mass is 32.2. The zero-order valence-electron chi connectivity index (χ0n) is 33.9. The fourth-order valence-corrected chi connectivity index (χ4v) is 10.4. The van der Waals surface area contributed by atoms with E-state index < -0.39 is 52.9 Å². The fourth-order valence-electron chi connectivity index (χ4n) is 7.75. The average molecular weight is 849 g/mol. The first-order valence-corrected chi connectivity index (χ1v) is 22.8. The molecule has 0 bridgehead atoms. The SMILES string of the molecule is CC(=O)N(C[C@H]1CN(c2ccc(C3CCS(=O)(=O)CC3)c(F)c2)C(=O)O1)C(=O)CC(C)(C)c1c(C)cc(C)cc1OP(=O)(OCc1ccccc1)OCc1ccccc1. The van der Waals surface area contributed by atoms with E-state index in [1.807, 2.05) is 94.4 Å². The Kier molecular flexibility index (Phi) is 13.5. The molecule has 3 amide bonds. The summed E-state index contributed by atoms with van der Waals surface area (Å²) in [6.45, 7) is 8.20. The minimum Gasteiger partial charge on any atom is -0.442 e. The maximum Gasteiger partial charge on any atom is 0.530 e. The number of hydrogen-bond donors (Lipinski definition) is 0. The lowest BCUT2D eigenvalue weighted by molar-refractivity contribution is -0.145. The minimum atomic E-state index is -4.30. The number of sulfone groups is 1. The van der Waals surface area contributed by atoms with Crippen molar-refractivity contribution in [3.63, 3.8) is 0 Å². The second-order valence-corrected chi connectivity index (χ2v) is 19.7. The van der Waals surface area contributed by atoms with E-state index in [0.29, 0.717) is 24.0 Å². The number of phosphoric ester groups is 1. The molecule has 4 aromatic carbocycles. The fraction of sp³-hybridized carbons (Fsp3) is 0.386. The van der Waals surface area contributed by atoms with Crippen LogP contribution in [-0.2, 0) is 56.4 Å². The van der Waals surface area contributed by atoms with Crippen molar-refractivity contribution in [1.82, 2.24) is 4.90 Å².